The second kappa shape index (κ2) is 4.23. The molecule has 1 aliphatic carbocycles. The van der Waals surface area contributed by atoms with E-state index < -0.39 is 0 Å². The highest BCUT2D eigenvalue weighted by molar-refractivity contribution is 5.33. The molecule has 2 atom stereocenters. The molecule has 0 aliphatic heterocycles. The fourth-order valence-corrected chi connectivity index (χ4v) is 2.06. The summed E-state index contributed by atoms with van der Waals surface area (Å²) in [6.45, 7) is 4.23. The van der Waals surface area contributed by atoms with Gasteiger partial charge in [-0.1, -0.05) is 6.07 Å². The summed E-state index contributed by atoms with van der Waals surface area (Å²) in [7, 11) is 0. The lowest BCUT2D eigenvalue weighted by atomic mass is 10.1. The standard InChI is InChI=1S/C13H19NO/c1-9-3-5-12(7-10(9)2)15-13-6-4-11(14)8-13/h3,5,7,11,13H,4,6,8,14H2,1-2H3. The zero-order chi connectivity index (χ0) is 10.8. The summed E-state index contributed by atoms with van der Waals surface area (Å²) in [5.41, 5.74) is 8.45. The Hall–Kier alpha value is -1.02. The Morgan fingerprint density at radius 2 is 2.00 bits per heavy atom. The van der Waals surface area contributed by atoms with Crippen molar-refractivity contribution < 1.29 is 4.74 Å². The van der Waals surface area contributed by atoms with Crippen LogP contribution < -0.4 is 10.5 Å². The summed E-state index contributed by atoms with van der Waals surface area (Å²) < 4.78 is 5.90. The van der Waals surface area contributed by atoms with E-state index in [0.29, 0.717) is 12.1 Å². The summed E-state index contributed by atoms with van der Waals surface area (Å²) in [6.07, 6.45) is 3.50. The van der Waals surface area contributed by atoms with Gasteiger partial charge in [0.2, 0.25) is 0 Å². The van der Waals surface area contributed by atoms with E-state index in [-0.39, 0.29) is 0 Å². The maximum absolute atomic E-state index is 5.90. The molecular weight excluding hydrogens is 186 g/mol. The van der Waals surface area contributed by atoms with Crippen LogP contribution in [0.3, 0.4) is 0 Å². The summed E-state index contributed by atoms with van der Waals surface area (Å²) >= 11 is 0. The smallest absolute Gasteiger partial charge is 0.119 e. The molecule has 1 saturated carbocycles. The number of aryl methyl sites for hydroxylation is 2. The van der Waals surface area contributed by atoms with Crippen molar-refractivity contribution in [1.82, 2.24) is 0 Å². The van der Waals surface area contributed by atoms with E-state index in [9.17, 15) is 0 Å². The van der Waals surface area contributed by atoms with Crippen molar-refractivity contribution in [2.24, 2.45) is 5.73 Å². The van der Waals surface area contributed by atoms with Gasteiger partial charge in [0.05, 0.1) is 0 Å². The third-order valence-electron chi connectivity index (χ3n) is 3.21. The second-order valence-electron chi connectivity index (χ2n) is 4.56. The molecule has 15 heavy (non-hydrogen) atoms. The van der Waals surface area contributed by atoms with Crippen LogP contribution in [0.25, 0.3) is 0 Å². The Morgan fingerprint density at radius 1 is 1.20 bits per heavy atom. The van der Waals surface area contributed by atoms with Crippen LogP contribution >= 0.6 is 0 Å². The summed E-state index contributed by atoms with van der Waals surface area (Å²) in [5.74, 6) is 0.984. The highest BCUT2D eigenvalue weighted by Crippen LogP contribution is 2.24. The van der Waals surface area contributed by atoms with Gasteiger partial charge in [-0.05, 0) is 56.4 Å². The van der Waals surface area contributed by atoms with E-state index in [1.54, 1.807) is 0 Å². The number of rotatable bonds is 2. The Kier molecular flexibility index (Phi) is 2.96. The largest absolute Gasteiger partial charge is 0.490 e. The maximum atomic E-state index is 5.90. The van der Waals surface area contributed by atoms with Crippen LogP contribution in [-0.2, 0) is 0 Å². The van der Waals surface area contributed by atoms with Gasteiger partial charge in [0.1, 0.15) is 11.9 Å². The molecule has 2 nitrogen and oxygen atoms in total. The highest BCUT2D eigenvalue weighted by Gasteiger charge is 2.23. The molecule has 0 heterocycles. The maximum Gasteiger partial charge on any atom is 0.119 e. The molecule has 1 aliphatic rings. The van der Waals surface area contributed by atoms with Gasteiger partial charge in [-0.2, -0.15) is 0 Å². The van der Waals surface area contributed by atoms with Crippen molar-refractivity contribution in [3.05, 3.63) is 29.3 Å². The molecule has 0 spiro atoms. The van der Waals surface area contributed by atoms with E-state index in [2.05, 4.69) is 26.0 Å². The lowest BCUT2D eigenvalue weighted by Crippen LogP contribution is -2.19. The quantitative estimate of drug-likeness (QED) is 0.805. The van der Waals surface area contributed by atoms with Crippen LogP contribution in [0.5, 0.6) is 5.75 Å². The van der Waals surface area contributed by atoms with Gasteiger partial charge in [0, 0.05) is 6.04 Å². The predicted octanol–water partition coefficient (Wildman–Crippen LogP) is 2.56. The van der Waals surface area contributed by atoms with Gasteiger partial charge < -0.3 is 10.5 Å². The van der Waals surface area contributed by atoms with Crippen molar-refractivity contribution >= 4 is 0 Å². The zero-order valence-corrected chi connectivity index (χ0v) is 9.49. The van der Waals surface area contributed by atoms with Crippen molar-refractivity contribution in [2.45, 2.75) is 45.3 Å². The molecule has 2 heteroatoms. The van der Waals surface area contributed by atoms with E-state index in [1.165, 1.54) is 11.1 Å². The molecule has 2 unspecified atom stereocenters. The van der Waals surface area contributed by atoms with Crippen LogP contribution in [0.4, 0.5) is 0 Å². The Balaban J connectivity index is 2.02. The number of hydrogen-bond acceptors (Lipinski definition) is 2. The number of nitrogens with two attached hydrogens (primary N) is 1. The van der Waals surface area contributed by atoms with Crippen molar-refractivity contribution in [1.29, 1.82) is 0 Å². The minimum Gasteiger partial charge on any atom is -0.490 e. The predicted molar refractivity (Wildman–Crippen MR) is 62.2 cm³/mol. The van der Waals surface area contributed by atoms with Gasteiger partial charge in [0.15, 0.2) is 0 Å². The summed E-state index contributed by atoms with van der Waals surface area (Å²) in [5, 5.41) is 0. The van der Waals surface area contributed by atoms with Crippen LogP contribution in [0.2, 0.25) is 0 Å². The van der Waals surface area contributed by atoms with E-state index in [1.807, 2.05) is 6.07 Å². The minimum absolute atomic E-state index is 0.321. The monoisotopic (exact) mass is 205 g/mol. The van der Waals surface area contributed by atoms with E-state index >= 15 is 0 Å². The molecule has 1 aromatic carbocycles. The fraction of sp³-hybridized carbons (Fsp3) is 0.538. The van der Waals surface area contributed by atoms with Gasteiger partial charge in [-0.25, -0.2) is 0 Å². The molecule has 2 rings (SSSR count). The Bertz CT molecular complexity index is 348. The minimum atomic E-state index is 0.321. The van der Waals surface area contributed by atoms with E-state index in [0.717, 1.165) is 25.0 Å². The Labute approximate surface area is 91.4 Å². The van der Waals surface area contributed by atoms with Gasteiger partial charge >= 0.3 is 0 Å². The first-order valence-electron chi connectivity index (χ1n) is 5.64. The average molecular weight is 205 g/mol. The molecule has 0 saturated heterocycles. The van der Waals surface area contributed by atoms with Gasteiger partial charge in [-0.3, -0.25) is 0 Å². The summed E-state index contributed by atoms with van der Waals surface area (Å²) in [6, 6.07) is 6.60. The van der Waals surface area contributed by atoms with Crippen LogP contribution in [-0.4, -0.2) is 12.1 Å². The lowest BCUT2D eigenvalue weighted by Gasteiger charge is -2.14. The third kappa shape index (κ3) is 2.51. The topological polar surface area (TPSA) is 35.2 Å². The third-order valence-corrected chi connectivity index (χ3v) is 3.21. The number of hydrogen-bond donors (Lipinski definition) is 1. The van der Waals surface area contributed by atoms with Gasteiger partial charge in [0.25, 0.3) is 0 Å². The van der Waals surface area contributed by atoms with Crippen molar-refractivity contribution in [3.63, 3.8) is 0 Å². The second-order valence-corrected chi connectivity index (χ2v) is 4.56. The molecule has 0 radical (unpaired) electrons. The molecule has 1 aromatic rings. The fourth-order valence-electron chi connectivity index (χ4n) is 2.06. The Morgan fingerprint density at radius 3 is 2.60 bits per heavy atom. The lowest BCUT2D eigenvalue weighted by molar-refractivity contribution is 0.208. The molecular formula is C13H19NO. The first-order chi connectivity index (χ1) is 7.15. The average Bonchev–Trinajstić information content (AvgIpc) is 2.58. The molecule has 2 N–H and O–H groups in total. The molecule has 0 bridgehead atoms. The van der Waals surface area contributed by atoms with Crippen LogP contribution in [0.1, 0.15) is 30.4 Å². The SMILES string of the molecule is Cc1ccc(OC2CCC(N)C2)cc1C. The van der Waals surface area contributed by atoms with Crippen LogP contribution in [0.15, 0.2) is 18.2 Å². The highest BCUT2D eigenvalue weighted by atomic mass is 16.5. The first-order valence-corrected chi connectivity index (χ1v) is 5.64. The van der Waals surface area contributed by atoms with Crippen molar-refractivity contribution in [2.75, 3.05) is 0 Å². The van der Waals surface area contributed by atoms with Gasteiger partial charge in [-0.15, -0.1) is 0 Å². The van der Waals surface area contributed by atoms with Crippen LogP contribution in [0, 0.1) is 13.8 Å². The molecule has 1 fully saturated rings. The molecule has 0 amide bonds. The normalized spacial score (nSPS) is 25.5. The zero-order valence-electron chi connectivity index (χ0n) is 9.49. The summed E-state index contributed by atoms with van der Waals surface area (Å²) in [4.78, 5) is 0. The number of benzene rings is 1. The molecule has 0 aromatic heterocycles. The first kappa shape index (κ1) is 10.5. The molecule has 82 valence electrons. The van der Waals surface area contributed by atoms with E-state index in [4.69, 9.17) is 10.5 Å². The number of ether oxygens (including phenoxy) is 1. The van der Waals surface area contributed by atoms with Crippen molar-refractivity contribution in [3.8, 4) is 5.75 Å².